The first-order valence-electron chi connectivity index (χ1n) is 49.4. The van der Waals surface area contributed by atoms with E-state index >= 15 is 0 Å². The average Bonchev–Trinajstić information content (AvgIpc) is 0.653. The normalized spacial score (nSPS) is 37.5. The van der Waals surface area contributed by atoms with Crippen molar-refractivity contribution in [3.05, 3.63) is 0 Å². The molecule has 4 aliphatic heterocycles. The Balaban J connectivity index is 1.78. The van der Waals surface area contributed by atoms with Crippen molar-refractivity contribution in [1.29, 1.82) is 0 Å². The van der Waals surface area contributed by atoms with Gasteiger partial charge in [-0.3, -0.25) is 4.79 Å². The van der Waals surface area contributed by atoms with Crippen LogP contribution in [0.2, 0.25) is 0 Å². The molecular formula is C96H203N16O17+3. The molecule has 766 valence electrons. The van der Waals surface area contributed by atoms with Gasteiger partial charge in [0.25, 0.3) is 0 Å². The first-order valence-corrected chi connectivity index (χ1v) is 49.4. The zero-order valence-electron chi connectivity index (χ0n) is 88.0. The van der Waals surface area contributed by atoms with Crippen LogP contribution < -0.4 is 69.1 Å². The molecule has 0 spiro atoms. The molecule has 0 aromatic heterocycles. The molecule has 33 nitrogen and oxygen atoms in total. The molecular weight excluding hydrogens is 1650 g/mol. The number of hydrogen-bond acceptors (Lipinski definition) is 29. The van der Waals surface area contributed by atoms with Crippen LogP contribution in [0.4, 0.5) is 0 Å². The van der Waals surface area contributed by atoms with Gasteiger partial charge in [0.05, 0.1) is 126 Å². The molecule has 4 rings (SSSR count). The molecule has 0 saturated carbocycles. The summed E-state index contributed by atoms with van der Waals surface area (Å²) in [5.41, 5.74) is -32.0. The van der Waals surface area contributed by atoms with Crippen LogP contribution in [0, 0.1) is 5.41 Å². The highest BCUT2D eigenvalue weighted by atomic mass is 16.8. The minimum absolute atomic E-state index is 0.177. The highest BCUT2D eigenvalue weighted by Gasteiger charge is 2.86. The van der Waals surface area contributed by atoms with Crippen molar-refractivity contribution >= 4 is 5.91 Å². The van der Waals surface area contributed by atoms with Crippen LogP contribution >= 0.6 is 0 Å². The van der Waals surface area contributed by atoms with E-state index in [0.717, 1.165) is 202 Å². The van der Waals surface area contributed by atoms with Gasteiger partial charge in [-0.2, -0.15) is 0 Å². The maximum Gasteiger partial charge on any atom is 0.217 e. The van der Waals surface area contributed by atoms with E-state index in [1.165, 1.54) is 48.7 Å². The smallest absolute Gasteiger partial charge is 0.217 e. The molecule has 8 unspecified atom stereocenters. The molecule has 19 atom stereocenters. The summed E-state index contributed by atoms with van der Waals surface area (Å²) in [4.78, 5) is 14.4. The Labute approximate surface area is 783 Å². The Hall–Kier alpha value is -1.77. The van der Waals surface area contributed by atoms with E-state index in [-0.39, 0.29) is 6.54 Å². The number of ether oxygens (including phenoxy) is 8. The molecule has 0 radical (unpaired) electrons. The number of aliphatic hydroxyl groups is 8. The van der Waals surface area contributed by atoms with Crippen molar-refractivity contribution in [2.45, 2.75) is 356 Å². The van der Waals surface area contributed by atoms with Crippen LogP contribution in [-0.2, 0) is 42.7 Å². The van der Waals surface area contributed by atoms with Gasteiger partial charge in [0.2, 0.25) is 5.91 Å². The average molecular weight is 1850 g/mol. The molecule has 33 heteroatoms. The zero-order valence-corrected chi connectivity index (χ0v) is 88.0. The zero-order chi connectivity index (χ0) is 98.3. The fourth-order valence-corrected chi connectivity index (χ4v) is 20.5. The fraction of sp³-hybridized carbons (Fsp3) is 0.990. The number of nitrogens with zero attached hydrogens (tertiary/aromatic N) is 3. The molecule has 0 aliphatic carbocycles. The van der Waals surface area contributed by atoms with Gasteiger partial charge in [-0.25, -0.2) is 0 Å². The number of carbonyl (C=O) groups is 1. The second-order valence-corrected chi connectivity index (χ2v) is 45.3. The lowest BCUT2D eigenvalue weighted by Crippen LogP contribution is -2.95. The molecule has 4 aliphatic rings. The SMILES string of the molecule is CO[C@@]1(C)OC(C)(CO)[C@@](C)(O[C@@]2(C)OC(C)(CO)[C@@](C)(O[C@@]3(C)OC(C)(CO)[C@@](C)(O[C@@]4(C)OC(C)(CO)C(C)(C)[C@@](C)(O)C4(C)NCCCNCCCNCCCCNCCC[N+](C)(C)C)[C@@](C)(O)C3(C)NCCCNCCCNCCCCNCCC[N+](C)(C)C)[C@@](C)(O)C2(C)NC(C)=O)[C@@](C)(O)C1(C)NCCCNCCCNCCCCNCCC[N+](C)(C)C. The van der Waals surface area contributed by atoms with Crippen molar-refractivity contribution in [2.24, 2.45) is 5.41 Å². The van der Waals surface area contributed by atoms with Crippen molar-refractivity contribution in [1.82, 2.24) is 69.1 Å². The van der Waals surface area contributed by atoms with Crippen LogP contribution in [0.25, 0.3) is 0 Å². The Morgan fingerprint density at radius 3 is 0.698 bits per heavy atom. The van der Waals surface area contributed by atoms with Crippen molar-refractivity contribution < 1.29 is 97.0 Å². The molecule has 4 fully saturated rings. The van der Waals surface area contributed by atoms with Crippen molar-refractivity contribution in [2.75, 3.05) is 254 Å². The Bertz CT molecular complexity index is 3290. The lowest BCUT2D eigenvalue weighted by molar-refractivity contribution is -0.870. The Kier molecular flexibility index (Phi) is 44.4. The van der Waals surface area contributed by atoms with E-state index in [4.69, 9.17) is 37.9 Å². The molecule has 21 N–H and O–H groups in total. The van der Waals surface area contributed by atoms with E-state index in [1.807, 2.05) is 20.8 Å². The largest absolute Gasteiger partial charge is 0.393 e. The monoisotopic (exact) mass is 1850 g/mol. The molecule has 0 bridgehead atoms. The highest BCUT2D eigenvalue weighted by molar-refractivity contribution is 5.74. The second kappa shape index (κ2) is 47.9. The topological polar surface area (TPSA) is 409 Å². The quantitative estimate of drug-likeness (QED) is 0.0307. The maximum absolute atomic E-state index is 14.8. The van der Waals surface area contributed by atoms with Crippen molar-refractivity contribution in [3.63, 3.8) is 0 Å². The standard InChI is InChI=1S/C96H202N16O17/c1-76(117)109-85(11)89(15,121)92(18,81(7,75-116)126-96(85,22)129-90(16)79(5,73-114)124-93(19,122-32)83(9,87(90,13)119)107-67-43-61-104-58-40-55-98-49-34-37-52-101-64-46-70-111(26,27)28)128-95(21)84(10,108-68-44-62-105-59-41-56-99-50-35-38-53-102-65-47-71-112(29,30)31)88(14,120)91(17,80(6,74-115)125-95)127-94(20)82(8,86(12,118)77(2,3)78(4,72-113)123-94)106-66-42-60-103-57-39-54-97-48-33-36-51-100-63-45-69-110(23,24)25/h97-108,113-116,118-121H,33-75H2,1-32H3/q+2/p+1/t78?,79?,80?,81?,82?,83?,84?,85?,86-,87+,88+,89+,90-,91-,92-,93+,94-,95-,96-/m1/s1. The number of amides is 1. The summed E-state index contributed by atoms with van der Waals surface area (Å²) < 4.78 is 61.8. The third-order valence-electron chi connectivity index (χ3n) is 32.3. The number of quaternary nitrogens is 3. The minimum Gasteiger partial charge on any atom is -0.393 e. The summed E-state index contributed by atoms with van der Waals surface area (Å²) in [7, 11) is 21.4. The summed E-state index contributed by atoms with van der Waals surface area (Å²) in [6.45, 7) is 52.3. The van der Waals surface area contributed by atoms with Gasteiger partial charge in [-0.15, -0.1) is 0 Å². The van der Waals surface area contributed by atoms with Crippen LogP contribution in [0.15, 0.2) is 0 Å². The van der Waals surface area contributed by atoms with Crippen molar-refractivity contribution in [3.8, 4) is 0 Å². The van der Waals surface area contributed by atoms with E-state index in [2.05, 4.69) is 133 Å². The predicted octanol–water partition coefficient (Wildman–Crippen LogP) is 3.19. The van der Waals surface area contributed by atoms with Gasteiger partial charge in [-0.05, 0) is 326 Å². The number of aliphatic hydroxyl groups excluding tert-OH is 4. The molecule has 129 heavy (non-hydrogen) atoms. The Morgan fingerprint density at radius 2 is 0.465 bits per heavy atom. The first kappa shape index (κ1) is 120. The molecule has 0 aromatic carbocycles. The van der Waals surface area contributed by atoms with Gasteiger partial charge in [0, 0.05) is 58.3 Å². The predicted molar refractivity (Wildman–Crippen MR) is 517 cm³/mol. The van der Waals surface area contributed by atoms with Gasteiger partial charge < -0.3 is 161 Å². The van der Waals surface area contributed by atoms with Crippen LogP contribution in [0.3, 0.4) is 0 Å². The summed E-state index contributed by atoms with van der Waals surface area (Å²) in [6.07, 6.45) is 14.5. The third-order valence-corrected chi connectivity index (χ3v) is 32.3. The maximum atomic E-state index is 14.8. The van der Waals surface area contributed by atoms with Gasteiger partial charge in [0.15, 0.2) is 23.1 Å². The van der Waals surface area contributed by atoms with Gasteiger partial charge in [0.1, 0.15) is 67.0 Å². The molecule has 1 amide bonds. The highest BCUT2D eigenvalue weighted by Crippen LogP contribution is 2.67. The summed E-state index contributed by atoms with van der Waals surface area (Å²) >= 11 is 0. The summed E-state index contributed by atoms with van der Waals surface area (Å²) in [6, 6.07) is 0. The van der Waals surface area contributed by atoms with E-state index in [0.29, 0.717) is 58.5 Å². The van der Waals surface area contributed by atoms with Crippen LogP contribution in [0.5, 0.6) is 0 Å². The second-order valence-electron chi connectivity index (χ2n) is 45.3. The number of rotatable bonds is 66. The minimum atomic E-state index is -2.56. The lowest BCUT2D eigenvalue weighted by atomic mass is 9.53. The fourth-order valence-electron chi connectivity index (χ4n) is 20.5. The molecule has 4 heterocycles. The third kappa shape index (κ3) is 26.7. The summed E-state index contributed by atoms with van der Waals surface area (Å²) in [5.74, 6) is -9.12. The number of nitrogens with one attached hydrogen (secondary N) is 13. The lowest BCUT2D eigenvalue weighted by Gasteiger charge is -2.75. The van der Waals surface area contributed by atoms with E-state index in [9.17, 15) is 45.6 Å². The molecule has 0 aromatic rings. The first-order chi connectivity index (χ1) is 59.3. The number of methoxy groups -OCH3 is 1. The van der Waals surface area contributed by atoms with Gasteiger partial charge >= 0.3 is 0 Å². The summed E-state index contributed by atoms with van der Waals surface area (Å²) in [5, 5.41) is 152. The Morgan fingerprint density at radius 1 is 0.271 bits per heavy atom. The van der Waals surface area contributed by atoms with E-state index < -0.39 is 145 Å². The number of hydrogen-bond donors (Lipinski definition) is 21. The molecule has 4 saturated heterocycles. The van der Waals surface area contributed by atoms with Crippen LogP contribution in [0.1, 0.15) is 249 Å². The van der Waals surface area contributed by atoms with Gasteiger partial charge in [-0.1, -0.05) is 13.8 Å². The van der Waals surface area contributed by atoms with Crippen LogP contribution in [-0.4, -0.2) is 421 Å². The number of unbranched alkanes of at least 4 members (excludes halogenated alkanes) is 3. The number of carbonyl (C=O) groups excluding carboxylic acids is 1. The van der Waals surface area contributed by atoms with E-state index in [1.54, 1.807) is 90.0 Å².